The molecule has 4 aromatic rings. The SMILES string of the molecule is C/N=C/c1ccc2c(c1)N(C(=O)c1ccc(C(=O)NCCOCCOCC(=O)OC)cc1)[C@@H](C)[C@H](NC(=O)[C@H](C)N(C)C(=O)OC(C)(C)C)C(=O)N2Cc1c(OC)ccc2ccccc12. The van der Waals surface area contributed by atoms with Crippen molar-refractivity contribution in [1.29, 1.82) is 0 Å². The molecule has 5 rings (SSSR count). The molecular weight excluding hydrogens is 837 g/mol. The Labute approximate surface area is 379 Å². The van der Waals surface area contributed by atoms with E-state index in [-0.39, 0.29) is 50.6 Å². The van der Waals surface area contributed by atoms with E-state index < -0.39 is 59.4 Å². The molecule has 0 radical (unpaired) electrons. The fraction of sp³-hybridized carbons (Fsp3) is 0.396. The fourth-order valence-electron chi connectivity index (χ4n) is 7.14. The summed E-state index contributed by atoms with van der Waals surface area (Å²) in [6.45, 7) is 8.91. The number of amides is 5. The first-order chi connectivity index (χ1) is 31.0. The van der Waals surface area contributed by atoms with E-state index in [0.29, 0.717) is 28.3 Å². The summed E-state index contributed by atoms with van der Waals surface area (Å²) in [6.07, 6.45) is 0.896. The molecule has 0 spiro atoms. The van der Waals surface area contributed by atoms with E-state index in [1.165, 1.54) is 55.1 Å². The number of anilines is 2. The van der Waals surface area contributed by atoms with E-state index in [2.05, 4.69) is 20.4 Å². The standard InChI is InChI=1S/C48H58N6O11/c1-30-42(51-43(56)31(2)52(7)47(60)65-48(3,4)5)46(59)53(28-37-36-13-11-10-12-33(36)19-21-40(37)61-8)38-20-14-32(27-49-6)26-39(38)54(30)45(58)35-17-15-34(16-18-35)44(57)50-22-23-63-24-25-64-29-41(55)62-9/h10-21,26-27,30-31,42H,22-25,28-29H2,1-9H3,(H,50,57)(H,51,56)/b49-27+/t30-,31-,42-/m0/s1. The number of rotatable bonds is 17. The fourth-order valence-corrected chi connectivity index (χ4v) is 7.14. The van der Waals surface area contributed by atoms with Crippen LogP contribution >= 0.6 is 0 Å². The third kappa shape index (κ3) is 12.2. The monoisotopic (exact) mass is 894 g/mol. The second kappa shape index (κ2) is 22.2. The molecule has 0 saturated carbocycles. The van der Waals surface area contributed by atoms with Crippen LogP contribution in [0.3, 0.4) is 0 Å². The van der Waals surface area contributed by atoms with Crippen LogP contribution in [0.15, 0.2) is 83.9 Å². The summed E-state index contributed by atoms with van der Waals surface area (Å²) in [4.78, 5) is 90.1. The minimum absolute atomic E-state index is 0.00984. The number of hydrogen-bond donors (Lipinski definition) is 2. The van der Waals surface area contributed by atoms with Crippen molar-refractivity contribution >= 4 is 64.1 Å². The number of esters is 1. The highest BCUT2D eigenvalue weighted by Gasteiger charge is 2.44. The number of nitrogens with zero attached hydrogens (tertiary/aromatic N) is 4. The van der Waals surface area contributed by atoms with Gasteiger partial charge in [0.15, 0.2) is 0 Å². The number of carbonyl (C=O) groups excluding carboxylic acids is 6. The zero-order chi connectivity index (χ0) is 47.4. The van der Waals surface area contributed by atoms with E-state index in [4.69, 9.17) is 18.9 Å². The highest BCUT2D eigenvalue weighted by Crippen LogP contribution is 2.40. The normalized spacial score (nSPS) is 15.5. The molecule has 5 amide bonds. The number of nitrogens with one attached hydrogen (secondary N) is 2. The van der Waals surface area contributed by atoms with Crippen molar-refractivity contribution in [3.8, 4) is 5.75 Å². The predicted molar refractivity (Wildman–Crippen MR) is 246 cm³/mol. The van der Waals surface area contributed by atoms with Crippen molar-refractivity contribution < 1.29 is 52.5 Å². The van der Waals surface area contributed by atoms with Gasteiger partial charge in [0.05, 0.1) is 58.0 Å². The van der Waals surface area contributed by atoms with Gasteiger partial charge in [0.1, 0.15) is 30.0 Å². The van der Waals surface area contributed by atoms with Crippen LogP contribution in [0.25, 0.3) is 10.8 Å². The Hall–Kier alpha value is -6.85. The van der Waals surface area contributed by atoms with E-state index in [1.807, 2.05) is 36.4 Å². The number of carbonyl (C=O) groups is 6. The second-order valence-electron chi connectivity index (χ2n) is 16.3. The van der Waals surface area contributed by atoms with Gasteiger partial charge in [-0.15, -0.1) is 0 Å². The lowest BCUT2D eigenvalue weighted by molar-refractivity contribution is -0.146. The molecule has 0 aliphatic carbocycles. The summed E-state index contributed by atoms with van der Waals surface area (Å²) in [5.74, 6) is -2.06. The molecule has 0 unspecified atom stereocenters. The van der Waals surface area contributed by atoms with E-state index in [9.17, 15) is 24.0 Å². The minimum atomic E-state index is -1.34. The lowest BCUT2D eigenvalue weighted by atomic mass is 10.0. The molecule has 0 saturated heterocycles. The topological polar surface area (TPSA) is 195 Å². The van der Waals surface area contributed by atoms with Gasteiger partial charge in [-0.05, 0) is 93.4 Å². The van der Waals surface area contributed by atoms with Crippen molar-refractivity contribution in [2.45, 2.75) is 64.9 Å². The molecule has 3 atom stereocenters. The Bertz CT molecular complexity index is 2400. The Morgan fingerprint density at radius 3 is 2.26 bits per heavy atom. The van der Waals surface area contributed by atoms with Crippen molar-refractivity contribution in [1.82, 2.24) is 15.5 Å². The van der Waals surface area contributed by atoms with Crippen LogP contribution in [0.5, 0.6) is 5.75 Å². The van der Waals surface area contributed by atoms with E-state index in [1.54, 1.807) is 66.3 Å². The molecular formula is C48H58N6O11. The molecule has 346 valence electrons. The van der Waals surface area contributed by atoms with Gasteiger partial charge in [-0.2, -0.15) is 0 Å². The van der Waals surface area contributed by atoms with Crippen LogP contribution in [0.1, 0.15) is 66.5 Å². The van der Waals surface area contributed by atoms with Gasteiger partial charge in [-0.25, -0.2) is 9.59 Å². The Morgan fingerprint density at radius 1 is 0.892 bits per heavy atom. The van der Waals surface area contributed by atoms with E-state index in [0.717, 1.165) is 15.7 Å². The summed E-state index contributed by atoms with van der Waals surface area (Å²) in [5, 5.41) is 7.43. The minimum Gasteiger partial charge on any atom is -0.496 e. The lowest BCUT2D eigenvalue weighted by Crippen LogP contribution is -2.60. The number of fused-ring (bicyclic) bond motifs is 2. The summed E-state index contributed by atoms with van der Waals surface area (Å²) in [6, 6.07) is 19.4. The maximum atomic E-state index is 15.3. The first-order valence-electron chi connectivity index (χ1n) is 21.1. The molecule has 0 aromatic heterocycles. The summed E-state index contributed by atoms with van der Waals surface area (Å²) in [5.41, 5.74) is 1.74. The highest BCUT2D eigenvalue weighted by atomic mass is 16.6. The second-order valence-corrected chi connectivity index (χ2v) is 16.3. The van der Waals surface area contributed by atoms with Crippen molar-refractivity contribution in [2.75, 3.05) is 71.1 Å². The molecule has 0 fully saturated rings. The summed E-state index contributed by atoms with van der Waals surface area (Å²) < 4.78 is 26.5. The number of likely N-dealkylation sites (N-methyl/N-ethyl adjacent to an activating group) is 1. The van der Waals surface area contributed by atoms with Gasteiger partial charge < -0.3 is 44.1 Å². The van der Waals surface area contributed by atoms with Crippen molar-refractivity contribution in [2.24, 2.45) is 4.99 Å². The summed E-state index contributed by atoms with van der Waals surface area (Å²) in [7, 11) is 5.88. The highest BCUT2D eigenvalue weighted by molar-refractivity contribution is 6.14. The van der Waals surface area contributed by atoms with Crippen molar-refractivity contribution in [3.05, 3.63) is 101 Å². The van der Waals surface area contributed by atoms with Crippen LogP contribution < -0.4 is 25.2 Å². The molecule has 4 aromatic carbocycles. The maximum Gasteiger partial charge on any atom is 0.410 e. The lowest BCUT2D eigenvalue weighted by Gasteiger charge is -2.34. The maximum absolute atomic E-state index is 15.3. The molecule has 1 aliphatic rings. The Balaban J connectivity index is 1.51. The smallest absolute Gasteiger partial charge is 0.410 e. The molecule has 65 heavy (non-hydrogen) atoms. The number of aliphatic imine (C=N–C) groups is 1. The zero-order valence-electron chi connectivity index (χ0n) is 38.3. The third-order valence-corrected chi connectivity index (χ3v) is 10.7. The summed E-state index contributed by atoms with van der Waals surface area (Å²) >= 11 is 0. The Morgan fingerprint density at radius 2 is 1.58 bits per heavy atom. The van der Waals surface area contributed by atoms with Gasteiger partial charge in [0.2, 0.25) is 5.91 Å². The molecule has 17 heteroatoms. The number of ether oxygens (including phenoxy) is 5. The molecule has 1 heterocycles. The Kier molecular flexibility index (Phi) is 16.8. The van der Waals surface area contributed by atoms with Crippen molar-refractivity contribution in [3.63, 3.8) is 0 Å². The van der Waals surface area contributed by atoms with Crippen LogP contribution in [0, 0.1) is 0 Å². The van der Waals surface area contributed by atoms with Gasteiger partial charge in [0, 0.05) is 43.5 Å². The van der Waals surface area contributed by atoms with Crippen LogP contribution in [-0.4, -0.2) is 132 Å². The van der Waals surface area contributed by atoms with Crippen LogP contribution in [-0.2, 0) is 39.9 Å². The first kappa shape index (κ1) is 49.2. The largest absolute Gasteiger partial charge is 0.496 e. The van der Waals surface area contributed by atoms with Crippen LogP contribution in [0.4, 0.5) is 16.2 Å². The first-order valence-corrected chi connectivity index (χ1v) is 21.1. The molecule has 0 bridgehead atoms. The average Bonchev–Trinajstić information content (AvgIpc) is 3.36. The molecule has 17 nitrogen and oxygen atoms in total. The molecule has 2 N–H and O–H groups in total. The average molecular weight is 895 g/mol. The van der Waals surface area contributed by atoms with Gasteiger partial charge in [-0.1, -0.05) is 36.4 Å². The number of hydrogen-bond acceptors (Lipinski definition) is 12. The predicted octanol–water partition coefficient (Wildman–Crippen LogP) is 5.16. The quantitative estimate of drug-likeness (QED) is 0.0809. The van der Waals surface area contributed by atoms with Gasteiger partial charge >= 0.3 is 12.1 Å². The molecule has 1 aliphatic heterocycles. The number of methoxy groups -OCH3 is 2. The third-order valence-electron chi connectivity index (χ3n) is 10.7. The zero-order valence-corrected chi connectivity index (χ0v) is 38.3. The van der Waals surface area contributed by atoms with Crippen LogP contribution in [0.2, 0.25) is 0 Å². The van der Waals surface area contributed by atoms with Gasteiger partial charge in [0.25, 0.3) is 17.7 Å². The van der Waals surface area contributed by atoms with E-state index >= 15 is 4.79 Å². The van der Waals surface area contributed by atoms with Gasteiger partial charge in [-0.3, -0.25) is 29.1 Å². The number of benzene rings is 4.